The second-order valence-electron chi connectivity index (χ2n) is 5.54. The van der Waals surface area contributed by atoms with Crippen molar-refractivity contribution in [3.8, 4) is 0 Å². The summed E-state index contributed by atoms with van der Waals surface area (Å²) >= 11 is 4.66. The molecule has 0 unspecified atom stereocenters. The molecule has 0 aromatic heterocycles. The molecule has 3 rings (SSSR count). The van der Waals surface area contributed by atoms with E-state index in [0.717, 1.165) is 22.6 Å². The first-order valence-electron chi connectivity index (χ1n) is 6.67. The molecule has 0 saturated heterocycles. The monoisotopic (exact) mass is 500 g/mol. The van der Waals surface area contributed by atoms with E-state index in [1.54, 1.807) is 0 Å². The molecule has 1 aliphatic rings. The minimum Gasteiger partial charge on any atom is -0.154 e. The van der Waals surface area contributed by atoms with E-state index in [2.05, 4.69) is 118 Å². The highest BCUT2D eigenvalue weighted by molar-refractivity contribution is 14.1. The van der Waals surface area contributed by atoms with Gasteiger partial charge in [0.25, 0.3) is 0 Å². The SMILES string of the molecule is CC1(C)C(c2cccc(I)c2)=NN=C1c1cccc(I)c1. The van der Waals surface area contributed by atoms with E-state index >= 15 is 0 Å². The lowest BCUT2D eigenvalue weighted by Crippen LogP contribution is -2.31. The van der Waals surface area contributed by atoms with E-state index < -0.39 is 0 Å². The van der Waals surface area contributed by atoms with Gasteiger partial charge in [-0.25, -0.2) is 0 Å². The van der Waals surface area contributed by atoms with Crippen molar-refractivity contribution in [1.29, 1.82) is 0 Å². The molecule has 0 spiro atoms. The molecule has 2 aromatic rings. The van der Waals surface area contributed by atoms with Gasteiger partial charge in [-0.1, -0.05) is 24.3 Å². The maximum Gasteiger partial charge on any atom is 0.0819 e. The zero-order valence-electron chi connectivity index (χ0n) is 11.8. The van der Waals surface area contributed by atoms with Crippen molar-refractivity contribution in [2.45, 2.75) is 13.8 Å². The van der Waals surface area contributed by atoms with Gasteiger partial charge in [-0.2, -0.15) is 10.2 Å². The lowest BCUT2D eigenvalue weighted by atomic mass is 9.77. The Kier molecular flexibility index (Phi) is 4.18. The number of hydrogen-bond donors (Lipinski definition) is 0. The van der Waals surface area contributed by atoms with Crippen LogP contribution in [0.4, 0.5) is 0 Å². The molecule has 0 fully saturated rings. The summed E-state index contributed by atoms with van der Waals surface area (Å²) < 4.78 is 2.43. The van der Waals surface area contributed by atoms with Crippen LogP contribution in [-0.4, -0.2) is 11.4 Å². The average Bonchev–Trinajstić information content (AvgIpc) is 2.74. The van der Waals surface area contributed by atoms with E-state index in [9.17, 15) is 0 Å². The van der Waals surface area contributed by atoms with Gasteiger partial charge in [-0.15, -0.1) is 0 Å². The lowest BCUT2D eigenvalue weighted by Gasteiger charge is -2.23. The number of benzene rings is 2. The van der Waals surface area contributed by atoms with Crippen LogP contribution in [0.15, 0.2) is 58.7 Å². The van der Waals surface area contributed by atoms with Crippen molar-refractivity contribution in [3.05, 3.63) is 66.8 Å². The molecule has 21 heavy (non-hydrogen) atoms. The maximum absolute atomic E-state index is 4.49. The van der Waals surface area contributed by atoms with E-state index in [1.165, 1.54) is 7.14 Å². The Morgan fingerprint density at radius 3 is 1.57 bits per heavy atom. The second-order valence-corrected chi connectivity index (χ2v) is 8.03. The first-order valence-corrected chi connectivity index (χ1v) is 8.83. The first kappa shape index (κ1) is 15.1. The predicted molar refractivity (Wildman–Crippen MR) is 105 cm³/mol. The molecule has 106 valence electrons. The quantitative estimate of drug-likeness (QED) is 0.512. The van der Waals surface area contributed by atoms with Crippen LogP contribution in [0.1, 0.15) is 25.0 Å². The summed E-state index contributed by atoms with van der Waals surface area (Å²) in [6.45, 7) is 4.38. The van der Waals surface area contributed by atoms with Crippen LogP contribution in [0.2, 0.25) is 0 Å². The van der Waals surface area contributed by atoms with Crippen LogP contribution in [0, 0.1) is 12.6 Å². The zero-order valence-corrected chi connectivity index (χ0v) is 16.1. The Morgan fingerprint density at radius 1 is 0.762 bits per heavy atom. The van der Waals surface area contributed by atoms with E-state index in [-0.39, 0.29) is 5.41 Å². The van der Waals surface area contributed by atoms with Crippen molar-refractivity contribution in [2.24, 2.45) is 15.6 Å². The van der Waals surface area contributed by atoms with Gasteiger partial charge in [0.1, 0.15) is 0 Å². The molecule has 0 bridgehead atoms. The summed E-state index contributed by atoms with van der Waals surface area (Å²) in [5.74, 6) is 0. The third-order valence-corrected chi connectivity index (χ3v) is 4.97. The average molecular weight is 500 g/mol. The van der Waals surface area contributed by atoms with Crippen molar-refractivity contribution in [2.75, 3.05) is 0 Å². The van der Waals surface area contributed by atoms with Gasteiger partial charge in [0.05, 0.1) is 16.8 Å². The zero-order chi connectivity index (χ0) is 15.0. The topological polar surface area (TPSA) is 24.7 Å². The number of halogens is 2. The number of hydrogen-bond acceptors (Lipinski definition) is 2. The fourth-order valence-electron chi connectivity index (χ4n) is 2.57. The third kappa shape index (κ3) is 2.92. The highest BCUT2D eigenvalue weighted by Crippen LogP contribution is 2.33. The number of nitrogens with zero attached hydrogens (tertiary/aromatic N) is 2. The minimum absolute atomic E-state index is 0.186. The molecule has 2 nitrogen and oxygen atoms in total. The molecular formula is C17H14I2N2. The van der Waals surface area contributed by atoms with Crippen molar-refractivity contribution < 1.29 is 0 Å². The minimum atomic E-state index is -0.186. The molecule has 1 aliphatic heterocycles. The summed E-state index contributed by atoms with van der Waals surface area (Å²) in [5.41, 5.74) is 4.19. The van der Waals surface area contributed by atoms with Gasteiger partial charge in [0.2, 0.25) is 0 Å². The molecular weight excluding hydrogens is 486 g/mol. The van der Waals surface area contributed by atoms with Crippen LogP contribution < -0.4 is 0 Å². The largest absolute Gasteiger partial charge is 0.154 e. The summed E-state index contributed by atoms with van der Waals surface area (Å²) in [5, 5.41) is 8.97. The highest BCUT2D eigenvalue weighted by Gasteiger charge is 2.37. The third-order valence-electron chi connectivity index (χ3n) is 3.63. The molecule has 0 atom stereocenters. The molecule has 0 N–H and O–H groups in total. The fraction of sp³-hybridized carbons (Fsp3) is 0.176. The van der Waals surface area contributed by atoms with E-state index in [4.69, 9.17) is 0 Å². The Hall–Kier alpha value is -0.760. The number of rotatable bonds is 2. The molecule has 0 aliphatic carbocycles. The Bertz CT molecular complexity index is 697. The summed E-state index contributed by atoms with van der Waals surface area (Å²) in [6.07, 6.45) is 0. The van der Waals surface area contributed by atoms with Gasteiger partial charge in [0, 0.05) is 7.14 Å². The molecule has 0 saturated carbocycles. The highest BCUT2D eigenvalue weighted by atomic mass is 127. The van der Waals surface area contributed by atoms with Gasteiger partial charge in [-0.3, -0.25) is 0 Å². The first-order chi connectivity index (χ1) is 9.98. The second kappa shape index (κ2) is 5.79. The van der Waals surface area contributed by atoms with Gasteiger partial charge >= 0.3 is 0 Å². The Morgan fingerprint density at radius 2 is 1.19 bits per heavy atom. The Balaban J connectivity index is 2.00. The Labute approximate surface area is 152 Å². The van der Waals surface area contributed by atoms with Crippen molar-refractivity contribution in [3.63, 3.8) is 0 Å². The molecule has 0 amide bonds. The predicted octanol–water partition coefficient (Wildman–Crippen LogP) is 5.13. The van der Waals surface area contributed by atoms with Gasteiger partial charge in [0.15, 0.2) is 0 Å². The molecule has 0 radical (unpaired) electrons. The molecule has 1 heterocycles. The van der Waals surface area contributed by atoms with E-state index in [1.807, 2.05) is 0 Å². The van der Waals surface area contributed by atoms with Crippen LogP contribution in [0.5, 0.6) is 0 Å². The van der Waals surface area contributed by atoms with Crippen molar-refractivity contribution in [1.82, 2.24) is 0 Å². The lowest BCUT2D eigenvalue weighted by molar-refractivity contribution is 0.745. The van der Waals surface area contributed by atoms with Gasteiger partial charge in [-0.05, 0) is 94.4 Å². The molecule has 2 aromatic carbocycles. The summed E-state index contributed by atoms with van der Waals surface area (Å²) in [7, 11) is 0. The van der Waals surface area contributed by atoms with E-state index in [0.29, 0.717) is 0 Å². The normalized spacial score (nSPS) is 16.6. The standard InChI is InChI=1S/C17H14I2N2/c1-17(2)15(11-5-3-7-13(18)9-11)20-21-16(17)12-6-4-8-14(19)10-12/h3-10H,1-2H3. The van der Waals surface area contributed by atoms with Crippen LogP contribution >= 0.6 is 45.2 Å². The van der Waals surface area contributed by atoms with Crippen LogP contribution in [-0.2, 0) is 0 Å². The smallest absolute Gasteiger partial charge is 0.0819 e. The summed E-state index contributed by atoms with van der Waals surface area (Å²) in [6, 6.07) is 16.9. The maximum atomic E-state index is 4.49. The van der Waals surface area contributed by atoms with Crippen LogP contribution in [0.25, 0.3) is 0 Å². The fourth-order valence-corrected chi connectivity index (χ4v) is 3.66. The van der Waals surface area contributed by atoms with Crippen molar-refractivity contribution >= 4 is 56.6 Å². The van der Waals surface area contributed by atoms with Crippen LogP contribution in [0.3, 0.4) is 0 Å². The molecule has 4 heteroatoms. The summed E-state index contributed by atoms with van der Waals surface area (Å²) in [4.78, 5) is 0. The van der Waals surface area contributed by atoms with Gasteiger partial charge < -0.3 is 0 Å².